The number of rotatable bonds is 4. The molecule has 2 rings (SSSR count). The van der Waals surface area contributed by atoms with Gasteiger partial charge in [0, 0.05) is 39.2 Å². The fraction of sp³-hybridized carbons (Fsp3) is 0.846. The molecular weight excluding hydrogens is 232 g/mol. The van der Waals surface area contributed by atoms with Crippen LogP contribution in [0.1, 0.15) is 25.7 Å². The van der Waals surface area contributed by atoms with Gasteiger partial charge in [0.25, 0.3) is 0 Å². The molecule has 0 aromatic carbocycles. The van der Waals surface area contributed by atoms with Crippen LogP contribution in [0.2, 0.25) is 0 Å². The van der Waals surface area contributed by atoms with Crippen molar-refractivity contribution in [3.63, 3.8) is 0 Å². The first-order valence-electron chi connectivity index (χ1n) is 6.78. The SMILES string of the molecule is COCCC(=O)N1CCCN(C(=O)C2CC2)CC1. The lowest BCUT2D eigenvalue weighted by atomic mass is 10.3. The van der Waals surface area contributed by atoms with Gasteiger partial charge in [0.15, 0.2) is 0 Å². The van der Waals surface area contributed by atoms with Crippen molar-refractivity contribution < 1.29 is 14.3 Å². The van der Waals surface area contributed by atoms with Gasteiger partial charge in [0.2, 0.25) is 11.8 Å². The van der Waals surface area contributed by atoms with Crippen molar-refractivity contribution in [1.82, 2.24) is 9.80 Å². The molecule has 2 fully saturated rings. The fourth-order valence-corrected chi connectivity index (χ4v) is 2.32. The smallest absolute Gasteiger partial charge is 0.225 e. The first kappa shape index (κ1) is 13.3. The number of carbonyl (C=O) groups excluding carboxylic acids is 2. The van der Waals surface area contributed by atoms with E-state index >= 15 is 0 Å². The van der Waals surface area contributed by atoms with Gasteiger partial charge in [-0.2, -0.15) is 0 Å². The van der Waals surface area contributed by atoms with Gasteiger partial charge in [-0.1, -0.05) is 0 Å². The first-order valence-corrected chi connectivity index (χ1v) is 6.78. The molecule has 18 heavy (non-hydrogen) atoms. The number of carbonyl (C=O) groups is 2. The summed E-state index contributed by atoms with van der Waals surface area (Å²) in [5.74, 6) is 0.708. The van der Waals surface area contributed by atoms with Crippen molar-refractivity contribution in [2.75, 3.05) is 39.9 Å². The van der Waals surface area contributed by atoms with Crippen LogP contribution in [0, 0.1) is 5.92 Å². The third kappa shape index (κ3) is 3.45. The predicted molar refractivity (Wildman–Crippen MR) is 67.0 cm³/mol. The molecule has 1 heterocycles. The van der Waals surface area contributed by atoms with Gasteiger partial charge < -0.3 is 14.5 Å². The summed E-state index contributed by atoms with van der Waals surface area (Å²) in [6, 6.07) is 0. The average molecular weight is 254 g/mol. The minimum absolute atomic E-state index is 0.137. The lowest BCUT2D eigenvalue weighted by Crippen LogP contribution is -2.38. The Morgan fingerprint density at radius 1 is 1.11 bits per heavy atom. The third-order valence-electron chi connectivity index (χ3n) is 3.61. The lowest BCUT2D eigenvalue weighted by Gasteiger charge is -2.22. The van der Waals surface area contributed by atoms with Crippen molar-refractivity contribution in [2.24, 2.45) is 5.92 Å². The summed E-state index contributed by atoms with van der Waals surface area (Å²) in [6.07, 6.45) is 3.42. The molecule has 1 aliphatic heterocycles. The van der Waals surface area contributed by atoms with Crippen molar-refractivity contribution in [3.05, 3.63) is 0 Å². The molecule has 0 spiro atoms. The van der Waals surface area contributed by atoms with E-state index in [-0.39, 0.29) is 11.8 Å². The van der Waals surface area contributed by atoms with Crippen LogP contribution in [0.15, 0.2) is 0 Å². The number of nitrogens with zero attached hydrogens (tertiary/aromatic N) is 2. The molecule has 1 aliphatic carbocycles. The van der Waals surface area contributed by atoms with E-state index in [1.54, 1.807) is 7.11 Å². The van der Waals surface area contributed by atoms with Gasteiger partial charge in [0.1, 0.15) is 0 Å². The van der Waals surface area contributed by atoms with E-state index < -0.39 is 0 Å². The monoisotopic (exact) mass is 254 g/mol. The molecule has 1 saturated heterocycles. The molecular formula is C13H22N2O3. The second-order valence-electron chi connectivity index (χ2n) is 5.08. The number of methoxy groups -OCH3 is 1. The Morgan fingerprint density at radius 2 is 1.78 bits per heavy atom. The van der Waals surface area contributed by atoms with Crippen molar-refractivity contribution in [1.29, 1.82) is 0 Å². The molecule has 2 amide bonds. The zero-order valence-electron chi connectivity index (χ0n) is 11.1. The van der Waals surface area contributed by atoms with Crippen LogP contribution in [-0.2, 0) is 14.3 Å². The summed E-state index contributed by atoms with van der Waals surface area (Å²) >= 11 is 0. The Bertz CT molecular complexity index is 315. The van der Waals surface area contributed by atoms with Gasteiger partial charge in [-0.25, -0.2) is 0 Å². The highest BCUT2D eigenvalue weighted by Gasteiger charge is 2.34. The van der Waals surface area contributed by atoms with Gasteiger partial charge in [-0.15, -0.1) is 0 Å². The molecule has 5 heteroatoms. The Kier molecular flexibility index (Phi) is 4.58. The molecule has 0 bridgehead atoms. The topological polar surface area (TPSA) is 49.9 Å². The van der Waals surface area contributed by atoms with Gasteiger partial charge in [-0.05, 0) is 19.3 Å². The van der Waals surface area contributed by atoms with E-state index in [4.69, 9.17) is 4.74 Å². The second-order valence-corrected chi connectivity index (χ2v) is 5.08. The van der Waals surface area contributed by atoms with Crippen molar-refractivity contribution in [3.8, 4) is 0 Å². The summed E-state index contributed by atoms with van der Waals surface area (Å²) in [5, 5.41) is 0. The maximum absolute atomic E-state index is 12.0. The molecule has 0 radical (unpaired) electrons. The second kappa shape index (κ2) is 6.18. The van der Waals surface area contributed by atoms with Gasteiger partial charge >= 0.3 is 0 Å². The molecule has 0 aromatic rings. The normalized spacial score (nSPS) is 20.7. The molecule has 0 N–H and O–H groups in total. The fourth-order valence-electron chi connectivity index (χ4n) is 2.32. The molecule has 0 unspecified atom stereocenters. The van der Waals surface area contributed by atoms with Crippen molar-refractivity contribution in [2.45, 2.75) is 25.7 Å². The predicted octanol–water partition coefficient (Wildman–Crippen LogP) is 0.494. The average Bonchev–Trinajstić information content (AvgIpc) is 3.20. The zero-order valence-corrected chi connectivity index (χ0v) is 11.1. The van der Waals surface area contributed by atoms with E-state index in [0.29, 0.717) is 32.0 Å². The first-order chi connectivity index (χ1) is 8.72. The van der Waals surface area contributed by atoms with Gasteiger partial charge in [-0.3, -0.25) is 9.59 Å². The van der Waals surface area contributed by atoms with E-state index in [2.05, 4.69) is 0 Å². The standard InChI is InChI=1S/C13H22N2O3/c1-18-10-5-12(16)14-6-2-7-15(9-8-14)13(17)11-3-4-11/h11H,2-10H2,1H3. The third-order valence-corrected chi connectivity index (χ3v) is 3.61. The quantitative estimate of drug-likeness (QED) is 0.734. The maximum Gasteiger partial charge on any atom is 0.225 e. The lowest BCUT2D eigenvalue weighted by molar-refractivity contribution is -0.134. The Morgan fingerprint density at radius 3 is 2.44 bits per heavy atom. The zero-order chi connectivity index (χ0) is 13.0. The number of hydrogen-bond acceptors (Lipinski definition) is 3. The van der Waals surface area contributed by atoms with E-state index in [1.807, 2.05) is 9.80 Å². The van der Waals surface area contributed by atoms with E-state index in [1.165, 1.54) is 0 Å². The number of hydrogen-bond donors (Lipinski definition) is 0. The van der Waals surface area contributed by atoms with Crippen LogP contribution in [0.3, 0.4) is 0 Å². The molecule has 2 aliphatic rings. The minimum Gasteiger partial charge on any atom is -0.384 e. The highest BCUT2D eigenvalue weighted by atomic mass is 16.5. The number of ether oxygens (including phenoxy) is 1. The van der Waals surface area contributed by atoms with Crippen LogP contribution in [0.5, 0.6) is 0 Å². The Hall–Kier alpha value is -1.10. The molecule has 5 nitrogen and oxygen atoms in total. The summed E-state index contributed by atoms with van der Waals surface area (Å²) in [5.41, 5.74) is 0. The van der Waals surface area contributed by atoms with Crippen molar-refractivity contribution >= 4 is 11.8 Å². The summed E-state index contributed by atoms with van der Waals surface area (Å²) in [4.78, 5) is 27.6. The maximum atomic E-state index is 12.0. The van der Waals surface area contributed by atoms with Crippen LogP contribution >= 0.6 is 0 Å². The summed E-state index contributed by atoms with van der Waals surface area (Å²) in [6.45, 7) is 3.38. The molecule has 0 aromatic heterocycles. The Labute approximate surface area is 108 Å². The highest BCUT2D eigenvalue weighted by Crippen LogP contribution is 2.31. The molecule has 102 valence electrons. The van der Waals surface area contributed by atoms with Crippen LogP contribution in [0.4, 0.5) is 0 Å². The van der Waals surface area contributed by atoms with Crippen LogP contribution < -0.4 is 0 Å². The highest BCUT2D eigenvalue weighted by molar-refractivity contribution is 5.81. The summed E-state index contributed by atoms with van der Waals surface area (Å²) < 4.78 is 4.92. The van der Waals surface area contributed by atoms with E-state index in [0.717, 1.165) is 32.4 Å². The minimum atomic E-state index is 0.137. The Balaban J connectivity index is 1.80. The molecule has 0 atom stereocenters. The van der Waals surface area contributed by atoms with Crippen LogP contribution in [-0.4, -0.2) is 61.5 Å². The van der Waals surface area contributed by atoms with E-state index in [9.17, 15) is 9.59 Å². The van der Waals surface area contributed by atoms with Gasteiger partial charge in [0.05, 0.1) is 13.0 Å². The number of amides is 2. The van der Waals surface area contributed by atoms with Crippen LogP contribution in [0.25, 0.3) is 0 Å². The largest absolute Gasteiger partial charge is 0.384 e. The molecule has 1 saturated carbocycles. The summed E-state index contributed by atoms with van der Waals surface area (Å²) in [7, 11) is 1.60.